The van der Waals surface area contributed by atoms with E-state index in [1.54, 1.807) is 27.7 Å². The highest BCUT2D eigenvalue weighted by Crippen LogP contribution is 2.20. The molecule has 26 heavy (non-hydrogen) atoms. The molecule has 0 radical (unpaired) electrons. The van der Waals surface area contributed by atoms with Crippen LogP contribution >= 0.6 is 0 Å². The SMILES string of the molecule is CC1=CCC/C=C(\F)C(C(=O)NC(C)CNC(=O)C(O)C(C)(C)CO)=C1. The Bertz CT molecular complexity index is 623. The predicted octanol–water partition coefficient (Wildman–Crippen LogP) is 1.51. The van der Waals surface area contributed by atoms with Gasteiger partial charge in [-0.25, -0.2) is 4.39 Å². The third-order valence-corrected chi connectivity index (χ3v) is 4.19. The highest BCUT2D eigenvalue weighted by molar-refractivity contribution is 5.97. The molecule has 0 spiro atoms. The average Bonchev–Trinajstić information content (AvgIpc) is 2.58. The van der Waals surface area contributed by atoms with Gasteiger partial charge in [0, 0.05) is 18.0 Å². The van der Waals surface area contributed by atoms with Crippen molar-refractivity contribution in [2.75, 3.05) is 13.2 Å². The summed E-state index contributed by atoms with van der Waals surface area (Å²) in [5.41, 5.74) is -0.204. The van der Waals surface area contributed by atoms with Crippen LogP contribution in [-0.2, 0) is 9.59 Å². The monoisotopic (exact) mass is 368 g/mol. The van der Waals surface area contributed by atoms with Crippen LogP contribution < -0.4 is 10.6 Å². The van der Waals surface area contributed by atoms with Crippen LogP contribution in [0.5, 0.6) is 0 Å². The van der Waals surface area contributed by atoms with Gasteiger partial charge >= 0.3 is 0 Å². The molecular formula is C19H29FN2O4. The number of nitrogens with one attached hydrogen (secondary N) is 2. The molecule has 2 unspecified atom stereocenters. The number of allylic oxidation sites excluding steroid dienone is 4. The Hall–Kier alpha value is -1.99. The molecule has 4 N–H and O–H groups in total. The number of aliphatic hydroxyl groups excluding tert-OH is 2. The van der Waals surface area contributed by atoms with Crippen LogP contribution in [-0.4, -0.2) is 47.3 Å². The van der Waals surface area contributed by atoms with Crippen LogP contribution in [0.2, 0.25) is 0 Å². The molecule has 0 heterocycles. The number of hydrogen-bond acceptors (Lipinski definition) is 4. The highest BCUT2D eigenvalue weighted by atomic mass is 19.1. The molecule has 1 aliphatic rings. The summed E-state index contributed by atoms with van der Waals surface area (Å²) in [5.74, 6) is -1.77. The van der Waals surface area contributed by atoms with Gasteiger partial charge in [0.1, 0.15) is 11.9 Å². The quantitative estimate of drug-likeness (QED) is 0.547. The molecule has 0 saturated heterocycles. The largest absolute Gasteiger partial charge is 0.396 e. The van der Waals surface area contributed by atoms with Crippen LogP contribution in [0.3, 0.4) is 0 Å². The van der Waals surface area contributed by atoms with Gasteiger partial charge in [-0.1, -0.05) is 25.5 Å². The van der Waals surface area contributed by atoms with E-state index < -0.39 is 35.2 Å². The van der Waals surface area contributed by atoms with E-state index in [1.165, 1.54) is 12.2 Å². The highest BCUT2D eigenvalue weighted by Gasteiger charge is 2.33. The van der Waals surface area contributed by atoms with Crippen LogP contribution in [0, 0.1) is 5.41 Å². The summed E-state index contributed by atoms with van der Waals surface area (Å²) in [6.45, 7) is 6.31. The lowest BCUT2D eigenvalue weighted by molar-refractivity contribution is -0.137. The second-order valence-electron chi connectivity index (χ2n) is 7.30. The Balaban J connectivity index is 2.64. The van der Waals surface area contributed by atoms with Gasteiger partial charge in [0.05, 0.1) is 12.2 Å². The van der Waals surface area contributed by atoms with Crippen molar-refractivity contribution in [3.8, 4) is 0 Å². The second-order valence-corrected chi connectivity index (χ2v) is 7.30. The van der Waals surface area contributed by atoms with Crippen molar-refractivity contribution >= 4 is 11.8 Å². The van der Waals surface area contributed by atoms with Crippen molar-refractivity contribution in [1.29, 1.82) is 0 Å². The van der Waals surface area contributed by atoms with E-state index in [2.05, 4.69) is 10.6 Å². The Morgan fingerprint density at radius 3 is 2.54 bits per heavy atom. The minimum absolute atomic E-state index is 0.0434. The summed E-state index contributed by atoms with van der Waals surface area (Å²) < 4.78 is 14.1. The lowest BCUT2D eigenvalue weighted by atomic mass is 9.87. The molecule has 7 heteroatoms. The van der Waals surface area contributed by atoms with E-state index in [9.17, 15) is 24.2 Å². The van der Waals surface area contributed by atoms with Gasteiger partial charge < -0.3 is 20.8 Å². The number of carbonyl (C=O) groups excluding carboxylic acids is 2. The van der Waals surface area contributed by atoms with Crippen LogP contribution in [0.15, 0.2) is 35.2 Å². The molecule has 0 aromatic rings. The number of carbonyl (C=O) groups is 2. The molecule has 146 valence electrons. The molecule has 2 amide bonds. The average molecular weight is 368 g/mol. The van der Waals surface area contributed by atoms with E-state index in [0.29, 0.717) is 6.42 Å². The maximum absolute atomic E-state index is 14.1. The van der Waals surface area contributed by atoms with E-state index in [-0.39, 0.29) is 18.7 Å². The summed E-state index contributed by atoms with van der Waals surface area (Å²) in [5, 5.41) is 24.3. The fourth-order valence-electron chi connectivity index (χ4n) is 2.30. The zero-order valence-corrected chi connectivity index (χ0v) is 15.8. The maximum Gasteiger partial charge on any atom is 0.254 e. The third-order valence-electron chi connectivity index (χ3n) is 4.19. The molecule has 0 aromatic carbocycles. The molecule has 1 rings (SSSR count). The molecule has 0 aromatic heterocycles. The number of amides is 2. The molecule has 0 saturated carbocycles. The summed E-state index contributed by atoms with van der Waals surface area (Å²) in [4.78, 5) is 24.3. The van der Waals surface area contributed by atoms with E-state index in [1.807, 2.05) is 6.08 Å². The molecule has 0 aliphatic heterocycles. The minimum atomic E-state index is -1.38. The van der Waals surface area contributed by atoms with Crippen molar-refractivity contribution in [3.05, 3.63) is 35.2 Å². The number of halogens is 1. The van der Waals surface area contributed by atoms with E-state index >= 15 is 0 Å². The van der Waals surface area contributed by atoms with Crippen molar-refractivity contribution in [2.24, 2.45) is 5.41 Å². The third kappa shape index (κ3) is 6.38. The minimum Gasteiger partial charge on any atom is -0.396 e. The molecule has 6 nitrogen and oxygen atoms in total. The van der Waals surface area contributed by atoms with Crippen molar-refractivity contribution in [2.45, 2.75) is 52.7 Å². The Morgan fingerprint density at radius 1 is 1.31 bits per heavy atom. The summed E-state index contributed by atoms with van der Waals surface area (Å²) in [6, 6.07) is -0.473. The van der Waals surface area contributed by atoms with Crippen LogP contribution in [0.1, 0.15) is 40.5 Å². The Kier molecular flexibility index (Phi) is 8.17. The Labute approximate surface area is 153 Å². The number of hydrogen-bond donors (Lipinski definition) is 4. The zero-order valence-electron chi connectivity index (χ0n) is 15.8. The lowest BCUT2D eigenvalue weighted by Gasteiger charge is -2.27. The van der Waals surface area contributed by atoms with Gasteiger partial charge in [0.2, 0.25) is 5.91 Å². The molecule has 1 aliphatic carbocycles. The number of rotatable bonds is 7. The Morgan fingerprint density at radius 2 is 1.92 bits per heavy atom. The normalized spacial score (nSPS) is 19.7. The fourth-order valence-corrected chi connectivity index (χ4v) is 2.30. The first kappa shape index (κ1) is 22.1. The number of aliphatic hydroxyl groups is 2. The fraction of sp³-hybridized carbons (Fsp3) is 0.579. The second kappa shape index (κ2) is 9.64. The maximum atomic E-state index is 14.1. The first-order chi connectivity index (χ1) is 12.1. The van der Waals surface area contributed by atoms with Crippen LogP contribution in [0.4, 0.5) is 4.39 Å². The molecule has 0 bridgehead atoms. The van der Waals surface area contributed by atoms with E-state index in [4.69, 9.17) is 0 Å². The first-order valence-corrected chi connectivity index (χ1v) is 8.70. The smallest absolute Gasteiger partial charge is 0.254 e. The van der Waals surface area contributed by atoms with Crippen molar-refractivity contribution in [3.63, 3.8) is 0 Å². The molecule has 0 fully saturated rings. The first-order valence-electron chi connectivity index (χ1n) is 8.70. The van der Waals surface area contributed by atoms with Gasteiger partial charge in [-0.15, -0.1) is 0 Å². The standard InChI is InChI=1S/C19H29FN2O4/c1-12-7-5-6-8-15(20)14(9-12)17(25)22-13(2)10-21-18(26)16(24)19(3,4)11-23/h7-9,13,16,23-24H,5-6,10-11H2,1-4H3,(H,21,26)(H,22,25)/b12-7?,14-9?,15-8-. The van der Waals surface area contributed by atoms with E-state index in [0.717, 1.165) is 12.0 Å². The van der Waals surface area contributed by atoms with Gasteiger partial charge in [0.25, 0.3) is 5.91 Å². The van der Waals surface area contributed by atoms with Gasteiger partial charge in [0.15, 0.2) is 0 Å². The topological polar surface area (TPSA) is 98.7 Å². The van der Waals surface area contributed by atoms with Crippen molar-refractivity contribution in [1.82, 2.24) is 10.6 Å². The van der Waals surface area contributed by atoms with Gasteiger partial charge in [-0.2, -0.15) is 0 Å². The summed E-state index contributed by atoms with van der Waals surface area (Å²) >= 11 is 0. The molecule has 2 atom stereocenters. The van der Waals surface area contributed by atoms with Gasteiger partial charge in [-0.3, -0.25) is 9.59 Å². The predicted molar refractivity (Wildman–Crippen MR) is 97.8 cm³/mol. The zero-order chi connectivity index (χ0) is 19.9. The summed E-state index contributed by atoms with van der Waals surface area (Å²) in [7, 11) is 0. The molecular weight excluding hydrogens is 339 g/mol. The summed E-state index contributed by atoms with van der Waals surface area (Å²) in [6.07, 6.45) is 4.69. The van der Waals surface area contributed by atoms with Crippen molar-refractivity contribution < 1.29 is 24.2 Å². The van der Waals surface area contributed by atoms with Crippen LogP contribution in [0.25, 0.3) is 0 Å². The van der Waals surface area contributed by atoms with Gasteiger partial charge in [-0.05, 0) is 38.8 Å². The lowest BCUT2D eigenvalue weighted by Crippen LogP contribution is -2.49.